The molecule has 2 aromatic heterocycles. The van der Waals surface area contributed by atoms with Crippen molar-refractivity contribution in [3.8, 4) is 11.4 Å². The maximum atomic E-state index is 12.3. The van der Waals surface area contributed by atoms with Crippen LogP contribution in [0.3, 0.4) is 0 Å². The maximum Gasteiger partial charge on any atom is 0.234 e. The van der Waals surface area contributed by atoms with E-state index in [9.17, 15) is 4.79 Å². The molecule has 4 rings (SSSR count). The van der Waals surface area contributed by atoms with Gasteiger partial charge in [-0.25, -0.2) is 4.98 Å². The summed E-state index contributed by atoms with van der Waals surface area (Å²) in [5.74, 6) is 0.841. The molecule has 3 heterocycles. The predicted octanol–water partition coefficient (Wildman–Crippen LogP) is 3.98. The van der Waals surface area contributed by atoms with Crippen LogP contribution in [0, 0.1) is 0 Å². The number of carbonyl (C=O) groups excluding carboxylic acids is 1. The number of thioether (sulfide) groups is 1. The van der Waals surface area contributed by atoms with Gasteiger partial charge in [0.15, 0.2) is 5.82 Å². The minimum absolute atomic E-state index is 0.0761. The van der Waals surface area contributed by atoms with E-state index >= 15 is 0 Å². The van der Waals surface area contributed by atoms with Crippen LogP contribution in [0.15, 0.2) is 53.9 Å². The van der Waals surface area contributed by atoms with Crippen LogP contribution in [0.2, 0.25) is 0 Å². The van der Waals surface area contributed by atoms with Crippen LogP contribution in [-0.4, -0.2) is 44.9 Å². The van der Waals surface area contributed by atoms with Gasteiger partial charge in [-0.3, -0.25) is 14.9 Å². The number of nitrogens with zero attached hydrogens (tertiary/aromatic N) is 4. The zero-order chi connectivity index (χ0) is 19.9. The van der Waals surface area contributed by atoms with Crippen molar-refractivity contribution in [3.05, 3.63) is 48.8 Å². The molecular weight excluding hydrogens is 384 g/mol. The highest BCUT2D eigenvalue weighted by Gasteiger charge is 2.11. The molecule has 1 aromatic carbocycles. The van der Waals surface area contributed by atoms with E-state index in [1.807, 2.05) is 24.3 Å². The van der Waals surface area contributed by atoms with Crippen LogP contribution >= 0.6 is 11.8 Å². The van der Waals surface area contributed by atoms with Crippen LogP contribution in [0.25, 0.3) is 11.4 Å². The first-order valence-corrected chi connectivity index (χ1v) is 10.9. The van der Waals surface area contributed by atoms with Crippen LogP contribution in [0.4, 0.5) is 11.4 Å². The average Bonchev–Trinajstić information content (AvgIpc) is 3.07. The second kappa shape index (κ2) is 9.56. The van der Waals surface area contributed by atoms with Gasteiger partial charge in [0.2, 0.25) is 11.1 Å². The topological polar surface area (TPSA) is 86.8 Å². The molecule has 7 nitrogen and oxygen atoms in total. The summed E-state index contributed by atoms with van der Waals surface area (Å²) >= 11 is 1.30. The lowest BCUT2D eigenvalue weighted by Crippen LogP contribution is -2.23. The molecular formula is C21H24N6OS. The predicted molar refractivity (Wildman–Crippen MR) is 116 cm³/mol. The van der Waals surface area contributed by atoms with Gasteiger partial charge in [-0.1, -0.05) is 24.6 Å². The summed E-state index contributed by atoms with van der Waals surface area (Å²) < 4.78 is 0. The SMILES string of the molecule is O=C(CSc1n[nH]c(-c2ccncc2)n1)Nc1ccc(N2CCCCCC2)cc1. The Morgan fingerprint density at radius 1 is 1.03 bits per heavy atom. The van der Waals surface area contributed by atoms with Crippen LogP contribution < -0.4 is 10.2 Å². The second-order valence-corrected chi connectivity index (χ2v) is 7.93. The number of aromatic amines is 1. The molecule has 150 valence electrons. The second-order valence-electron chi connectivity index (χ2n) is 6.99. The van der Waals surface area contributed by atoms with Crippen molar-refractivity contribution in [2.24, 2.45) is 0 Å². The summed E-state index contributed by atoms with van der Waals surface area (Å²) in [4.78, 5) is 23.1. The number of H-pyrrole nitrogens is 1. The van der Waals surface area contributed by atoms with E-state index in [-0.39, 0.29) is 11.7 Å². The quantitative estimate of drug-likeness (QED) is 0.600. The molecule has 0 spiro atoms. The Morgan fingerprint density at radius 3 is 2.48 bits per heavy atom. The molecule has 0 atom stereocenters. The third kappa shape index (κ3) is 5.35. The number of aromatic nitrogens is 4. The summed E-state index contributed by atoms with van der Waals surface area (Å²) in [5, 5.41) is 10.5. The summed E-state index contributed by atoms with van der Waals surface area (Å²) in [6.07, 6.45) is 8.54. The van der Waals surface area contributed by atoms with E-state index in [2.05, 4.69) is 42.5 Å². The fourth-order valence-corrected chi connectivity index (χ4v) is 3.96. The first kappa shape index (κ1) is 19.4. The van der Waals surface area contributed by atoms with E-state index < -0.39 is 0 Å². The van der Waals surface area contributed by atoms with Crippen molar-refractivity contribution >= 4 is 29.0 Å². The lowest BCUT2D eigenvalue weighted by Gasteiger charge is -2.22. The lowest BCUT2D eigenvalue weighted by atomic mass is 10.2. The average molecular weight is 409 g/mol. The molecule has 1 saturated heterocycles. The Labute approximate surface area is 174 Å². The highest BCUT2D eigenvalue weighted by molar-refractivity contribution is 7.99. The van der Waals surface area contributed by atoms with Crippen molar-refractivity contribution in [1.29, 1.82) is 0 Å². The molecule has 1 fully saturated rings. The molecule has 0 saturated carbocycles. The molecule has 1 aliphatic rings. The van der Waals surface area contributed by atoms with Crippen LogP contribution in [-0.2, 0) is 4.79 Å². The normalized spacial score (nSPS) is 14.4. The number of hydrogen-bond acceptors (Lipinski definition) is 6. The number of rotatable bonds is 6. The van der Waals surface area contributed by atoms with Gasteiger partial charge in [-0.2, -0.15) is 0 Å². The third-order valence-electron chi connectivity index (χ3n) is 4.87. The fourth-order valence-electron chi connectivity index (χ4n) is 3.36. The number of benzene rings is 1. The number of anilines is 2. The van der Waals surface area contributed by atoms with Gasteiger partial charge < -0.3 is 10.2 Å². The molecule has 8 heteroatoms. The number of nitrogens with one attached hydrogen (secondary N) is 2. The number of carbonyl (C=O) groups is 1. The zero-order valence-electron chi connectivity index (χ0n) is 16.2. The highest BCUT2D eigenvalue weighted by atomic mass is 32.2. The Morgan fingerprint density at radius 2 is 1.76 bits per heavy atom. The van der Waals surface area contributed by atoms with Gasteiger partial charge >= 0.3 is 0 Å². The van der Waals surface area contributed by atoms with Gasteiger partial charge in [-0.15, -0.1) is 5.10 Å². The van der Waals surface area contributed by atoms with Crippen molar-refractivity contribution in [2.75, 3.05) is 29.1 Å². The number of pyridine rings is 1. The molecule has 1 aliphatic heterocycles. The minimum atomic E-state index is -0.0761. The Bertz CT molecular complexity index is 920. The zero-order valence-corrected chi connectivity index (χ0v) is 17.0. The first-order chi connectivity index (χ1) is 14.3. The van der Waals surface area contributed by atoms with Crippen molar-refractivity contribution in [3.63, 3.8) is 0 Å². The van der Waals surface area contributed by atoms with Crippen LogP contribution in [0.5, 0.6) is 0 Å². The minimum Gasteiger partial charge on any atom is -0.372 e. The molecule has 0 unspecified atom stereocenters. The molecule has 0 bridgehead atoms. The third-order valence-corrected chi connectivity index (χ3v) is 5.72. The largest absolute Gasteiger partial charge is 0.372 e. The number of amides is 1. The molecule has 2 N–H and O–H groups in total. The van der Waals surface area contributed by atoms with Crippen LogP contribution in [0.1, 0.15) is 25.7 Å². The number of hydrogen-bond donors (Lipinski definition) is 2. The van der Waals surface area contributed by atoms with E-state index in [0.29, 0.717) is 11.0 Å². The summed E-state index contributed by atoms with van der Waals surface area (Å²) in [6, 6.07) is 11.8. The highest BCUT2D eigenvalue weighted by Crippen LogP contribution is 2.22. The molecule has 0 aliphatic carbocycles. The van der Waals surface area contributed by atoms with Gasteiger partial charge in [0, 0.05) is 42.4 Å². The van der Waals surface area contributed by atoms with E-state index in [0.717, 1.165) is 24.3 Å². The summed E-state index contributed by atoms with van der Waals surface area (Å²) in [6.45, 7) is 2.22. The lowest BCUT2D eigenvalue weighted by molar-refractivity contribution is -0.113. The molecule has 0 radical (unpaired) electrons. The Balaban J connectivity index is 1.28. The summed E-state index contributed by atoms with van der Waals surface area (Å²) in [7, 11) is 0. The smallest absolute Gasteiger partial charge is 0.234 e. The monoisotopic (exact) mass is 408 g/mol. The van der Waals surface area contributed by atoms with Gasteiger partial charge in [0.05, 0.1) is 5.75 Å². The summed E-state index contributed by atoms with van der Waals surface area (Å²) in [5.41, 5.74) is 2.94. The van der Waals surface area contributed by atoms with Gasteiger partial charge in [-0.05, 0) is 49.2 Å². The van der Waals surface area contributed by atoms with Crippen molar-refractivity contribution in [1.82, 2.24) is 20.2 Å². The van der Waals surface area contributed by atoms with E-state index in [1.165, 1.54) is 43.1 Å². The standard InChI is InChI=1S/C21H24N6OS/c28-19(15-29-21-24-20(25-26-21)16-9-11-22-12-10-16)23-17-5-7-18(8-6-17)27-13-3-1-2-4-14-27/h5-12H,1-4,13-15H2,(H,23,28)(H,24,25,26). The first-order valence-electron chi connectivity index (χ1n) is 9.88. The van der Waals surface area contributed by atoms with Crippen molar-refractivity contribution in [2.45, 2.75) is 30.8 Å². The Hall–Kier alpha value is -2.87. The Kier molecular flexibility index (Phi) is 6.41. The van der Waals surface area contributed by atoms with E-state index in [4.69, 9.17) is 0 Å². The van der Waals surface area contributed by atoms with Gasteiger partial charge in [0.25, 0.3) is 0 Å². The molecule has 29 heavy (non-hydrogen) atoms. The fraction of sp³-hybridized carbons (Fsp3) is 0.333. The maximum absolute atomic E-state index is 12.3. The van der Waals surface area contributed by atoms with E-state index in [1.54, 1.807) is 12.4 Å². The molecule has 1 amide bonds. The molecule has 3 aromatic rings. The van der Waals surface area contributed by atoms with Crippen molar-refractivity contribution < 1.29 is 4.79 Å². The van der Waals surface area contributed by atoms with Gasteiger partial charge in [0.1, 0.15) is 0 Å².